The topological polar surface area (TPSA) is 138 Å². The van der Waals surface area contributed by atoms with Gasteiger partial charge in [-0.1, -0.05) is 0 Å². The van der Waals surface area contributed by atoms with Gasteiger partial charge >= 0.3 is 11.9 Å². The van der Waals surface area contributed by atoms with Gasteiger partial charge < -0.3 is 20.8 Å². The molecule has 0 aromatic heterocycles. The largest absolute Gasteiger partial charge is 0.481 e. The van der Waals surface area contributed by atoms with E-state index >= 15 is 0 Å². The summed E-state index contributed by atoms with van der Waals surface area (Å²) in [7, 11) is -3.74. The zero-order valence-corrected chi connectivity index (χ0v) is 8.18. The molecule has 0 bridgehead atoms. The monoisotopic (exact) mass is 225 g/mol. The predicted molar refractivity (Wildman–Crippen MR) is 47.4 cm³/mol. The Labute approximate surface area is 80.0 Å². The lowest BCUT2D eigenvalue weighted by Crippen LogP contribution is -2.34. The number of nitrogens with two attached hydrogens (primary N) is 1. The van der Waals surface area contributed by atoms with Crippen LogP contribution >= 0.6 is 7.37 Å². The van der Waals surface area contributed by atoms with E-state index in [4.69, 9.17) is 20.8 Å². The second-order valence-electron chi connectivity index (χ2n) is 2.84. The smallest absolute Gasteiger partial charge is 0.321 e. The minimum Gasteiger partial charge on any atom is -0.481 e. The van der Waals surface area contributed by atoms with Gasteiger partial charge in [0.05, 0.1) is 12.6 Å². The minimum absolute atomic E-state index is 0.455. The zero-order chi connectivity index (χ0) is 11.4. The molecule has 0 heterocycles. The Hall–Kier alpha value is -0.910. The summed E-state index contributed by atoms with van der Waals surface area (Å²) in [6, 6.07) is -1.43. The summed E-state index contributed by atoms with van der Waals surface area (Å²) in [6.45, 7) is 0. The van der Waals surface area contributed by atoms with Crippen molar-refractivity contribution in [2.24, 2.45) is 5.73 Å². The van der Waals surface area contributed by atoms with Gasteiger partial charge in [0.15, 0.2) is 0 Å². The molecule has 7 nitrogen and oxygen atoms in total. The highest BCUT2D eigenvalue weighted by atomic mass is 31.2. The summed E-state index contributed by atoms with van der Waals surface area (Å²) in [4.78, 5) is 29.5. The number of carbonyl (C=O) groups is 2. The zero-order valence-electron chi connectivity index (χ0n) is 7.29. The Morgan fingerprint density at radius 2 is 1.86 bits per heavy atom. The fraction of sp³-hybridized carbons (Fsp3) is 0.667. The van der Waals surface area contributed by atoms with Gasteiger partial charge in [-0.2, -0.15) is 0 Å². The Morgan fingerprint density at radius 3 is 2.21 bits per heavy atom. The molecule has 0 fully saturated rings. The Balaban J connectivity index is 4.13. The highest BCUT2D eigenvalue weighted by Crippen LogP contribution is 2.41. The van der Waals surface area contributed by atoms with Gasteiger partial charge in [-0.25, -0.2) is 0 Å². The van der Waals surface area contributed by atoms with E-state index in [-0.39, 0.29) is 0 Å². The third-order valence-corrected chi connectivity index (χ3v) is 3.36. The molecule has 82 valence electrons. The van der Waals surface area contributed by atoms with Gasteiger partial charge in [0.2, 0.25) is 7.37 Å². The fourth-order valence-corrected chi connectivity index (χ4v) is 2.24. The van der Waals surface area contributed by atoms with Crippen LogP contribution in [-0.2, 0) is 14.2 Å². The van der Waals surface area contributed by atoms with Crippen LogP contribution in [0.5, 0.6) is 0 Å². The molecule has 14 heavy (non-hydrogen) atoms. The first-order valence-electron chi connectivity index (χ1n) is 3.75. The van der Waals surface area contributed by atoms with E-state index < -0.39 is 44.1 Å². The molecule has 0 aliphatic rings. The Morgan fingerprint density at radius 1 is 1.36 bits per heavy atom. The fourth-order valence-electron chi connectivity index (χ4n) is 0.747. The van der Waals surface area contributed by atoms with Gasteiger partial charge in [0.25, 0.3) is 0 Å². The third kappa shape index (κ3) is 5.69. The van der Waals surface area contributed by atoms with E-state index in [9.17, 15) is 14.2 Å². The van der Waals surface area contributed by atoms with Crippen molar-refractivity contribution >= 4 is 19.3 Å². The lowest BCUT2D eigenvalue weighted by molar-refractivity contribution is -0.138. The van der Waals surface area contributed by atoms with Gasteiger partial charge in [0.1, 0.15) is 6.04 Å². The summed E-state index contributed by atoms with van der Waals surface area (Å²) in [5.74, 6) is -2.59. The van der Waals surface area contributed by atoms with Crippen molar-refractivity contribution in [3.05, 3.63) is 0 Å². The van der Waals surface area contributed by atoms with E-state index in [1.54, 1.807) is 0 Å². The molecule has 8 heteroatoms. The average Bonchev–Trinajstić information content (AvgIpc) is 2.00. The highest BCUT2D eigenvalue weighted by Gasteiger charge is 2.26. The second kappa shape index (κ2) is 5.09. The number of hydrogen-bond acceptors (Lipinski definition) is 4. The normalized spacial score (nSPS) is 17.0. The first kappa shape index (κ1) is 13.1. The molecule has 0 aliphatic carbocycles. The first-order chi connectivity index (χ1) is 6.24. The van der Waals surface area contributed by atoms with Crippen molar-refractivity contribution in [1.29, 1.82) is 0 Å². The number of carboxylic acid groups (broad SMARTS) is 2. The molecule has 0 aromatic rings. The summed E-state index contributed by atoms with van der Waals surface area (Å²) >= 11 is 0. The maximum atomic E-state index is 11.2. The molecule has 0 saturated carbocycles. The molecule has 0 radical (unpaired) electrons. The summed E-state index contributed by atoms with van der Waals surface area (Å²) in [5, 5.41) is 16.6. The van der Waals surface area contributed by atoms with Crippen molar-refractivity contribution in [3.63, 3.8) is 0 Å². The average molecular weight is 225 g/mol. The molecule has 0 aromatic carbocycles. The maximum Gasteiger partial charge on any atom is 0.321 e. The van der Waals surface area contributed by atoms with Crippen LogP contribution in [0, 0.1) is 0 Å². The van der Waals surface area contributed by atoms with E-state index in [0.717, 1.165) is 0 Å². The second-order valence-corrected chi connectivity index (χ2v) is 5.35. The number of rotatable bonds is 6. The molecule has 2 unspecified atom stereocenters. The predicted octanol–water partition coefficient (Wildman–Crippen LogP) is -0.857. The number of hydrogen-bond donors (Lipinski definition) is 4. The van der Waals surface area contributed by atoms with Crippen LogP contribution in [0.15, 0.2) is 0 Å². The van der Waals surface area contributed by atoms with Crippen LogP contribution < -0.4 is 5.73 Å². The van der Waals surface area contributed by atoms with E-state index in [1.165, 1.54) is 0 Å². The molecule has 0 amide bonds. The number of aliphatic carboxylic acids is 2. The summed E-state index contributed by atoms with van der Waals surface area (Å²) < 4.78 is 11.2. The molecular weight excluding hydrogens is 213 g/mol. The lowest BCUT2D eigenvalue weighted by atomic mass is 10.4. The van der Waals surface area contributed by atoms with Crippen LogP contribution in [0.25, 0.3) is 0 Å². The number of carboxylic acids is 2. The van der Waals surface area contributed by atoms with Gasteiger partial charge in [-0.3, -0.25) is 14.2 Å². The van der Waals surface area contributed by atoms with Crippen molar-refractivity contribution in [3.8, 4) is 0 Å². The molecule has 5 N–H and O–H groups in total. The molecule has 0 saturated heterocycles. The Bertz CT molecular complexity index is 277. The van der Waals surface area contributed by atoms with Crippen LogP contribution in [0.2, 0.25) is 0 Å². The molecule has 2 atom stereocenters. The van der Waals surface area contributed by atoms with Gasteiger partial charge in [-0.05, 0) is 0 Å². The SMILES string of the molecule is NC(CP(=O)(O)CCC(=O)O)C(=O)O. The highest BCUT2D eigenvalue weighted by molar-refractivity contribution is 7.58. The van der Waals surface area contributed by atoms with E-state index in [0.29, 0.717) is 0 Å². The minimum atomic E-state index is -3.74. The molecule has 0 aliphatic heterocycles. The lowest BCUT2D eigenvalue weighted by Gasteiger charge is -2.12. The van der Waals surface area contributed by atoms with Crippen molar-refractivity contribution in [2.75, 3.05) is 12.3 Å². The third-order valence-electron chi connectivity index (χ3n) is 1.47. The standard InChI is InChI=1S/C6H12NO6P/c7-4(6(10)11)3-14(12,13)2-1-5(8)9/h4H,1-3,7H2,(H,8,9)(H,10,11)(H,12,13). The quantitative estimate of drug-likeness (QED) is 0.431. The van der Waals surface area contributed by atoms with E-state index in [1.807, 2.05) is 0 Å². The summed E-state index contributed by atoms with van der Waals surface area (Å²) in [5.41, 5.74) is 5.03. The van der Waals surface area contributed by atoms with Crippen LogP contribution in [0.1, 0.15) is 6.42 Å². The summed E-state index contributed by atoms with van der Waals surface area (Å²) in [6.07, 6.45) is -1.53. The van der Waals surface area contributed by atoms with Gasteiger partial charge in [0, 0.05) is 6.16 Å². The van der Waals surface area contributed by atoms with Crippen molar-refractivity contribution < 1.29 is 29.3 Å². The maximum absolute atomic E-state index is 11.2. The van der Waals surface area contributed by atoms with Gasteiger partial charge in [-0.15, -0.1) is 0 Å². The van der Waals surface area contributed by atoms with Crippen LogP contribution in [0.3, 0.4) is 0 Å². The first-order valence-corrected chi connectivity index (χ1v) is 5.78. The molecule has 0 spiro atoms. The van der Waals surface area contributed by atoms with E-state index in [2.05, 4.69) is 0 Å². The molecule has 0 rings (SSSR count). The molecular formula is C6H12NO6P. The van der Waals surface area contributed by atoms with Crippen molar-refractivity contribution in [1.82, 2.24) is 0 Å². The van der Waals surface area contributed by atoms with Crippen molar-refractivity contribution in [2.45, 2.75) is 12.5 Å². The van der Waals surface area contributed by atoms with Crippen LogP contribution in [0.4, 0.5) is 0 Å². The van der Waals surface area contributed by atoms with Crippen LogP contribution in [-0.4, -0.2) is 45.4 Å². The Kier molecular flexibility index (Phi) is 4.76.